The highest BCUT2D eigenvalue weighted by Gasteiger charge is 2.19. The Morgan fingerprint density at radius 2 is 2.40 bits per heavy atom. The van der Waals surface area contributed by atoms with E-state index in [2.05, 4.69) is 21.2 Å². The van der Waals surface area contributed by atoms with Crippen LogP contribution in [0.15, 0.2) is 16.6 Å². The Morgan fingerprint density at radius 1 is 1.60 bits per heavy atom. The van der Waals surface area contributed by atoms with Gasteiger partial charge in [0.15, 0.2) is 0 Å². The second-order valence-electron chi connectivity index (χ2n) is 3.18. The van der Waals surface area contributed by atoms with Crippen LogP contribution in [0.3, 0.4) is 0 Å². The van der Waals surface area contributed by atoms with Gasteiger partial charge >= 0.3 is 0 Å². The van der Waals surface area contributed by atoms with Gasteiger partial charge in [0.05, 0.1) is 11.1 Å². The minimum Gasteiger partial charge on any atom is -0.492 e. The Morgan fingerprint density at radius 3 is 3.13 bits per heavy atom. The molecule has 1 amide bonds. The number of ether oxygens (including phenoxy) is 1. The predicted octanol–water partition coefficient (Wildman–Crippen LogP) is 2.56. The summed E-state index contributed by atoms with van der Waals surface area (Å²) in [5.41, 5.74) is 1.82. The Balaban J connectivity index is 2.33. The molecule has 0 atom stereocenters. The fourth-order valence-electron chi connectivity index (χ4n) is 1.56. The van der Waals surface area contributed by atoms with Crippen molar-refractivity contribution in [1.29, 1.82) is 0 Å². The van der Waals surface area contributed by atoms with E-state index in [4.69, 9.17) is 16.3 Å². The van der Waals surface area contributed by atoms with Crippen molar-refractivity contribution in [3.8, 4) is 5.75 Å². The molecule has 0 aromatic heterocycles. The number of alkyl halides is 1. The summed E-state index contributed by atoms with van der Waals surface area (Å²) < 4.78 is 6.37. The number of carbonyl (C=O) groups excluding carboxylic acids is 1. The van der Waals surface area contributed by atoms with E-state index in [1.165, 1.54) is 0 Å². The molecule has 5 heteroatoms. The van der Waals surface area contributed by atoms with Gasteiger partial charge in [0.2, 0.25) is 5.91 Å². The largest absolute Gasteiger partial charge is 0.492 e. The summed E-state index contributed by atoms with van der Waals surface area (Å²) in [5, 5.41) is 2.75. The topological polar surface area (TPSA) is 38.3 Å². The molecule has 3 nitrogen and oxygen atoms in total. The first kappa shape index (κ1) is 10.8. The zero-order chi connectivity index (χ0) is 10.8. The van der Waals surface area contributed by atoms with E-state index in [0.29, 0.717) is 6.61 Å². The Kier molecular flexibility index (Phi) is 3.17. The summed E-state index contributed by atoms with van der Waals surface area (Å²) in [5.74, 6) is 0.585. The maximum Gasteiger partial charge on any atom is 0.239 e. The predicted molar refractivity (Wildman–Crippen MR) is 62.7 cm³/mol. The highest BCUT2D eigenvalue weighted by molar-refractivity contribution is 9.10. The monoisotopic (exact) mass is 289 g/mol. The number of fused-ring (bicyclic) bond motifs is 1. The highest BCUT2D eigenvalue weighted by atomic mass is 79.9. The number of anilines is 1. The smallest absolute Gasteiger partial charge is 0.239 e. The third-order valence-electron chi connectivity index (χ3n) is 2.21. The van der Waals surface area contributed by atoms with Crippen LogP contribution in [-0.2, 0) is 11.2 Å². The molecule has 15 heavy (non-hydrogen) atoms. The first-order valence-corrected chi connectivity index (χ1v) is 5.85. The molecule has 1 aromatic carbocycles. The molecule has 0 fully saturated rings. The SMILES string of the molecule is O=C(CCl)Nc1ccc(Br)c2c1CCO2. The third-order valence-corrected chi connectivity index (χ3v) is 3.07. The molecule has 2 rings (SSSR count). The van der Waals surface area contributed by atoms with Crippen molar-refractivity contribution in [3.63, 3.8) is 0 Å². The molecular weight excluding hydrogens is 281 g/mol. The molecule has 0 radical (unpaired) electrons. The van der Waals surface area contributed by atoms with E-state index < -0.39 is 0 Å². The lowest BCUT2D eigenvalue weighted by molar-refractivity contribution is -0.113. The van der Waals surface area contributed by atoms with Gasteiger partial charge in [-0.1, -0.05) is 0 Å². The zero-order valence-electron chi connectivity index (χ0n) is 7.85. The number of carbonyl (C=O) groups is 1. The van der Waals surface area contributed by atoms with Crippen molar-refractivity contribution in [1.82, 2.24) is 0 Å². The maximum atomic E-state index is 11.2. The molecule has 1 N–H and O–H groups in total. The molecular formula is C10H9BrClNO2. The van der Waals surface area contributed by atoms with Gasteiger partial charge in [-0.2, -0.15) is 0 Å². The van der Waals surface area contributed by atoms with Crippen LogP contribution in [0.1, 0.15) is 5.56 Å². The van der Waals surface area contributed by atoms with E-state index in [1.54, 1.807) is 0 Å². The lowest BCUT2D eigenvalue weighted by atomic mass is 10.1. The van der Waals surface area contributed by atoms with Gasteiger partial charge in [-0.15, -0.1) is 11.6 Å². The summed E-state index contributed by atoms with van der Waals surface area (Å²) in [7, 11) is 0. The van der Waals surface area contributed by atoms with Crippen LogP contribution in [0.25, 0.3) is 0 Å². The molecule has 0 saturated carbocycles. The van der Waals surface area contributed by atoms with Gasteiger partial charge in [-0.3, -0.25) is 4.79 Å². The van der Waals surface area contributed by atoms with Gasteiger partial charge < -0.3 is 10.1 Å². The van der Waals surface area contributed by atoms with Crippen molar-refractivity contribution >= 4 is 39.1 Å². The number of hydrogen-bond acceptors (Lipinski definition) is 2. The van der Waals surface area contributed by atoms with Crippen LogP contribution in [0, 0.1) is 0 Å². The van der Waals surface area contributed by atoms with E-state index in [9.17, 15) is 4.79 Å². The second kappa shape index (κ2) is 4.41. The molecule has 0 aliphatic carbocycles. The molecule has 0 bridgehead atoms. The fourth-order valence-corrected chi connectivity index (χ4v) is 2.11. The van der Waals surface area contributed by atoms with Crippen LogP contribution >= 0.6 is 27.5 Å². The van der Waals surface area contributed by atoms with Gasteiger partial charge in [-0.05, 0) is 28.1 Å². The fraction of sp³-hybridized carbons (Fsp3) is 0.300. The summed E-state index contributed by atoms with van der Waals surface area (Å²) in [6.07, 6.45) is 0.812. The van der Waals surface area contributed by atoms with Crippen molar-refractivity contribution in [2.24, 2.45) is 0 Å². The summed E-state index contributed by atoms with van der Waals surface area (Å²) in [6.45, 7) is 0.654. The van der Waals surface area contributed by atoms with E-state index in [1.807, 2.05) is 12.1 Å². The second-order valence-corrected chi connectivity index (χ2v) is 4.30. The van der Waals surface area contributed by atoms with E-state index in [-0.39, 0.29) is 11.8 Å². The van der Waals surface area contributed by atoms with Crippen molar-refractivity contribution < 1.29 is 9.53 Å². The Hall–Kier alpha value is -0.740. The van der Waals surface area contributed by atoms with Crippen LogP contribution in [0.2, 0.25) is 0 Å². The first-order chi connectivity index (χ1) is 7.22. The summed E-state index contributed by atoms with van der Waals surface area (Å²) >= 11 is 8.83. The average molecular weight is 291 g/mol. The summed E-state index contributed by atoms with van der Waals surface area (Å²) in [4.78, 5) is 11.2. The zero-order valence-corrected chi connectivity index (χ0v) is 10.2. The van der Waals surface area contributed by atoms with Crippen LogP contribution < -0.4 is 10.1 Å². The van der Waals surface area contributed by atoms with Crippen molar-refractivity contribution in [2.75, 3.05) is 17.8 Å². The minimum absolute atomic E-state index is 0.0360. The van der Waals surface area contributed by atoms with Crippen molar-refractivity contribution in [2.45, 2.75) is 6.42 Å². The number of rotatable bonds is 2. The molecule has 0 unspecified atom stereocenters. The molecule has 1 aromatic rings. The molecule has 1 heterocycles. The van der Waals surface area contributed by atoms with Crippen LogP contribution in [0.4, 0.5) is 5.69 Å². The Bertz CT molecular complexity index is 409. The normalized spacial score (nSPS) is 13.2. The molecule has 1 aliphatic heterocycles. The van der Waals surface area contributed by atoms with Gasteiger partial charge in [-0.25, -0.2) is 0 Å². The van der Waals surface area contributed by atoms with E-state index >= 15 is 0 Å². The van der Waals surface area contributed by atoms with Crippen LogP contribution in [0.5, 0.6) is 5.75 Å². The molecule has 0 spiro atoms. The number of halogens is 2. The Labute approximate surface area is 101 Å². The number of amides is 1. The average Bonchev–Trinajstić information content (AvgIpc) is 2.71. The number of benzene rings is 1. The minimum atomic E-state index is -0.201. The van der Waals surface area contributed by atoms with E-state index in [0.717, 1.165) is 27.9 Å². The molecule has 1 aliphatic rings. The number of nitrogens with one attached hydrogen (secondary N) is 1. The van der Waals surface area contributed by atoms with Crippen molar-refractivity contribution in [3.05, 3.63) is 22.2 Å². The lowest BCUT2D eigenvalue weighted by Gasteiger charge is -2.09. The maximum absolute atomic E-state index is 11.2. The highest BCUT2D eigenvalue weighted by Crippen LogP contribution is 2.38. The van der Waals surface area contributed by atoms with Gasteiger partial charge in [0.1, 0.15) is 11.6 Å². The molecule has 0 saturated heterocycles. The van der Waals surface area contributed by atoms with Gasteiger partial charge in [0.25, 0.3) is 0 Å². The lowest BCUT2D eigenvalue weighted by Crippen LogP contribution is -2.13. The number of hydrogen-bond donors (Lipinski definition) is 1. The molecule has 80 valence electrons. The summed E-state index contributed by atoms with van der Waals surface area (Å²) in [6, 6.07) is 3.70. The van der Waals surface area contributed by atoms with Gasteiger partial charge in [0, 0.05) is 17.7 Å². The third kappa shape index (κ3) is 2.11. The standard InChI is InChI=1S/C10H9BrClNO2/c11-7-1-2-8(13-9(14)5-12)6-3-4-15-10(6)7/h1-2H,3-5H2,(H,13,14). The first-order valence-electron chi connectivity index (χ1n) is 4.52. The van der Waals surface area contributed by atoms with Crippen LogP contribution in [-0.4, -0.2) is 18.4 Å². The quantitative estimate of drug-likeness (QED) is 0.850.